The number of phosphoric acid groups is 2. The lowest BCUT2D eigenvalue weighted by Crippen LogP contribution is -2.30. The molecular formula is C89H174O17P2. The smallest absolute Gasteiger partial charge is 0.462 e. The molecular weight excluding hydrogens is 1400 g/mol. The number of carbonyl (C=O) groups is 4. The molecule has 0 saturated carbocycles. The first-order valence-electron chi connectivity index (χ1n) is 46.0. The maximum absolute atomic E-state index is 13.2. The fourth-order valence-electron chi connectivity index (χ4n) is 14.0. The van der Waals surface area contributed by atoms with Crippen LogP contribution in [0.1, 0.15) is 478 Å². The number of unbranched alkanes of at least 4 members (excludes halogenated alkanes) is 58. The lowest BCUT2D eigenvalue weighted by atomic mass is 10.0. The summed E-state index contributed by atoms with van der Waals surface area (Å²) in [7, 11) is -9.93. The summed E-state index contributed by atoms with van der Waals surface area (Å²) in [6, 6.07) is 0. The molecule has 0 bridgehead atoms. The lowest BCUT2D eigenvalue weighted by molar-refractivity contribution is -0.161. The largest absolute Gasteiger partial charge is 0.472 e. The standard InChI is InChI=1S/C89H174O17P2/c1-7-9-11-13-15-17-19-21-22-23-24-32-37-43-49-55-61-67-73-88(93)105-84(77-99-86(91)71-65-59-53-47-41-20-18-16-14-12-10-8-2)79-103-107(95,96)101-75-83(90)76-102-108(97,98)104-80-85(106-89(94)74-68-62-56-50-44-38-33-28-26-30-35-40-46-52-58-64-70-82(5)6)78-100-87(92)72-66-60-54-48-42-36-31-27-25-29-34-39-45-51-57-63-69-81(3)4/h81-85,90H,7-80H2,1-6H3,(H,95,96)(H,97,98)/t83-,84+,85+/m0/s1. The third-order valence-corrected chi connectivity index (χ3v) is 22.9. The van der Waals surface area contributed by atoms with Crippen molar-refractivity contribution >= 4 is 39.5 Å². The van der Waals surface area contributed by atoms with E-state index in [1.807, 2.05) is 0 Å². The zero-order valence-corrected chi connectivity index (χ0v) is 73.0. The Bertz CT molecular complexity index is 2060. The second kappa shape index (κ2) is 80.3. The van der Waals surface area contributed by atoms with Gasteiger partial charge in [-0.1, -0.05) is 427 Å². The van der Waals surface area contributed by atoms with Crippen molar-refractivity contribution < 1.29 is 80.2 Å². The van der Waals surface area contributed by atoms with Gasteiger partial charge in [-0.3, -0.25) is 37.3 Å². The maximum atomic E-state index is 13.2. The molecule has 0 aliphatic rings. The number of hydrogen-bond donors (Lipinski definition) is 3. The van der Waals surface area contributed by atoms with E-state index in [4.69, 9.17) is 37.0 Å². The van der Waals surface area contributed by atoms with Crippen LogP contribution in [0.5, 0.6) is 0 Å². The Morgan fingerprint density at radius 3 is 0.630 bits per heavy atom. The molecule has 2 unspecified atom stereocenters. The summed E-state index contributed by atoms with van der Waals surface area (Å²) in [6.07, 6.45) is 73.5. The molecule has 0 radical (unpaired) electrons. The van der Waals surface area contributed by atoms with Gasteiger partial charge in [0.25, 0.3) is 0 Å². The van der Waals surface area contributed by atoms with Crippen molar-refractivity contribution in [3.05, 3.63) is 0 Å². The molecule has 0 fully saturated rings. The molecule has 0 heterocycles. The lowest BCUT2D eigenvalue weighted by Gasteiger charge is -2.21. The zero-order valence-electron chi connectivity index (χ0n) is 71.2. The van der Waals surface area contributed by atoms with E-state index in [2.05, 4.69) is 41.5 Å². The first kappa shape index (κ1) is 106. The predicted molar refractivity (Wildman–Crippen MR) is 446 cm³/mol. The van der Waals surface area contributed by atoms with Crippen molar-refractivity contribution in [2.24, 2.45) is 11.8 Å². The monoisotopic (exact) mass is 1580 g/mol. The molecule has 0 amide bonds. The van der Waals surface area contributed by atoms with Gasteiger partial charge in [-0.15, -0.1) is 0 Å². The molecule has 17 nitrogen and oxygen atoms in total. The molecule has 0 aromatic rings. The number of carbonyl (C=O) groups excluding carboxylic acids is 4. The molecule has 0 spiro atoms. The summed E-state index contributed by atoms with van der Waals surface area (Å²) >= 11 is 0. The molecule has 3 N–H and O–H groups in total. The molecule has 108 heavy (non-hydrogen) atoms. The molecule has 0 aliphatic carbocycles. The first-order chi connectivity index (χ1) is 52.4. The number of phosphoric ester groups is 2. The molecule has 0 aromatic carbocycles. The van der Waals surface area contributed by atoms with Crippen LogP contribution in [0.4, 0.5) is 0 Å². The normalized spacial score (nSPS) is 13.8. The predicted octanol–water partition coefficient (Wildman–Crippen LogP) is 27.4. The van der Waals surface area contributed by atoms with E-state index in [-0.39, 0.29) is 25.7 Å². The van der Waals surface area contributed by atoms with Gasteiger partial charge in [0.05, 0.1) is 26.4 Å². The van der Waals surface area contributed by atoms with Crippen molar-refractivity contribution in [3.63, 3.8) is 0 Å². The maximum Gasteiger partial charge on any atom is 0.472 e. The van der Waals surface area contributed by atoms with E-state index in [0.29, 0.717) is 25.7 Å². The minimum atomic E-state index is -4.97. The van der Waals surface area contributed by atoms with E-state index in [0.717, 1.165) is 102 Å². The van der Waals surface area contributed by atoms with Crippen LogP contribution >= 0.6 is 15.6 Å². The van der Waals surface area contributed by atoms with Gasteiger partial charge in [0.15, 0.2) is 12.2 Å². The van der Waals surface area contributed by atoms with Crippen LogP contribution in [0.2, 0.25) is 0 Å². The number of hydrogen-bond acceptors (Lipinski definition) is 15. The average Bonchev–Trinajstić information content (AvgIpc) is 0.915. The summed E-state index contributed by atoms with van der Waals surface area (Å²) in [4.78, 5) is 73.4. The summed E-state index contributed by atoms with van der Waals surface area (Å²) in [5.41, 5.74) is 0. The van der Waals surface area contributed by atoms with Crippen molar-refractivity contribution in [3.8, 4) is 0 Å². The molecule has 642 valence electrons. The van der Waals surface area contributed by atoms with Crippen molar-refractivity contribution in [2.75, 3.05) is 39.6 Å². The van der Waals surface area contributed by atoms with Gasteiger partial charge < -0.3 is 33.8 Å². The highest BCUT2D eigenvalue weighted by Crippen LogP contribution is 2.45. The Hall–Kier alpha value is -1.94. The van der Waals surface area contributed by atoms with Crippen LogP contribution in [0.3, 0.4) is 0 Å². The van der Waals surface area contributed by atoms with Crippen LogP contribution in [0.15, 0.2) is 0 Å². The number of esters is 4. The Morgan fingerprint density at radius 1 is 0.250 bits per heavy atom. The van der Waals surface area contributed by atoms with Gasteiger partial charge >= 0.3 is 39.5 Å². The summed E-state index contributed by atoms with van der Waals surface area (Å²) in [6.45, 7) is 9.76. The summed E-state index contributed by atoms with van der Waals surface area (Å²) in [5, 5.41) is 10.7. The van der Waals surface area contributed by atoms with Gasteiger partial charge in [-0.25, -0.2) is 9.13 Å². The van der Waals surface area contributed by atoms with E-state index in [1.165, 1.54) is 295 Å². The van der Waals surface area contributed by atoms with Crippen molar-refractivity contribution in [1.82, 2.24) is 0 Å². The highest BCUT2D eigenvalue weighted by atomic mass is 31.2. The van der Waals surface area contributed by atoms with E-state index in [9.17, 15) is 43.2 Å². The van der Waals surface area contributed by atoms with Crippen LogP contribution in [-0.4, -0.2) is 96.7 Å². The van der Waals surface area contributed by atoms with Crippen LogP contribution in [-0.2, 0) is 65.4 Å². The summed E-state index contributed by atoms with van der Waals surface area (Å²) < 4.78 is 69.0. The second-order valence-electron chi connectivity index (χ2n) is 32.9. The highest BCUT2D eigenvalue weighted by molar-refractivity contribution is 7.47. The fraction of sp³-hybridized carbons (Fsp3) is 0.955. The molecule has 0 rings (SSSR count). The minimum Gasteiger partial charge on any atom is -0.462 e. The number of ether oxygens (including phenoxy) is 4. The minimum absolute atomic E-state index is 0.109. The topological polar surface area (TPSA) is 237 Å². The van der Waals surface area contributed by atoms with Crippen LogP contribution in [0, 0.1) is 11.8 Å². The second-order valence-corrected chi connectivity index (χ2v) is 35.8. The molecule has 19 heteroatoms. The third-order valence-electron chi connectivity index (χ3n) is 21.0. The van der Waals surface area contributed by atoms with Gasteiger partial charge in [0, 0.05) is 25.7 Å². The van der Waals surface area contributed by atoms with Crippen molar-refractivity contribution in [1.29, 1.82) is 0 Å². The van der Waals surface area contributed by atoms with Gasteiger partial charge in [-0.2, -0.15) is 0 Å². The number of aliphatic hydroxyl groups is 1. The molecule has 5 atom stereocenters. The Labute approximate surface area is 664 Å². The Balaban J connectivity index is 5.25. The van der Waals surface area contributed by atoms with E-state index in [1.54, 1.807) is 0 Å². The molecule has 0 saturated heterocycles. The van der Waals surface area contributed by atoms with Gasteiger partial charge in [0.2, 0.25) is 0 Å². The van der Waals surface area contributed by atoms with Gasteiger partial charge in [0.1, 0.15) is 19.3 Å². The zero-order chi connectivity index (χ0) is 79.2. The van der Waals surface area contributed by atoms with Gasteiger partial charge in [-0.05, 0) is 37.5 Å². The highest BCUT2D eigenvalue weighted by Gasteiger charge is 2.31. The molecule has 0 aliphatic heterocycles. The van der Waals surface area contributed by atoms with E-state index < -0.39 is 97.5 Å². The average molecular weight is 1580 g/mol. The SMILES string of the molecule is CCCCCCCCCCCCCCCCCCCCC(=O)O[C@H](COC(=O)CCCCCCCCCCCCCC)COP(=O)(O)OC[C@H](O)COP(=O)(O)OC[C@@H](COC(=O)CCCCCCCCCCCCCCCCCCC(C)C)OC(=O)CCCCCCCCCCCCCCCCCCC(C)C. The number of aliphatic hydroxyl groups excluding tert-OH is 1. The summed E-state index contributed by atoms with van der Waals surface area (Å²) in [5.74, 6) is -0.474. The van der Waals surface area contributed by atoms with Crippen LogP contribution in [0.25, 0.3) is 0 Å². The fourth-order valence-corrected chi connectivity index (χ4v) is 15.5. The quantitative estimate of drug-likeness (QED) is 0.0222. The third kappa shape index (κ3) is 82.1. The van der Waals surface area contributed by atoms with Crippen molar-refractivity contribution in [2.45, 2.75) is 496 Å². The number of rotatable bonds is 88. The Morgan fingerprint density at radius 2 is 0.426 bits per heavy atom. The molecule has 0 aromatic heterocycles. The Kier molecular flexibility index (Phi) is 78.8. The first-order valence-corrected chi connectivity index (χ1v) is 49.0. The van der Waals surface area contributed by atoms with Crippen LogP contribution < -0.4 is 0 Å². The van der Waals surface area contributed by atoms with E-state index >= 15 is 0 Å².